The molecule has 0 N–H and O–H groups in total. The van der Waals surface area contributed by atoms with Gasteiger partial charge in [-0.15, -0.1) is 15.2 Å². The van der Waals surface area contributed by atoms with E-state index >= 15 is 0 Å². The fourth-order valence-corrected chi connectivity index (χ4v) is 5.39. The lowest BCUT2D eigenvalue weighted by Crippen LogP contribution is -2.19. The lowest BCUT2D eigenvalue weighted by molar-refractivity contribution is 0.311. The summed E-state index contributed by atoms with van der Waals surface area (Å²) in [6.07, 6.45) is 9.09. The summed E-state index contributed by atoms with van der Waals surface area (Å²) in [5, 5.41) is 3.33. The number of hydrogen-bond acceptors (Lipinski definition) is 7. The Bertz CT molecular complexity index is 1580. The van der Waals surface area contributed by atoms with Crippen LogP contribution < -0.4 is 10.3 Å². The number of halogens is 1. The molecule has 1 aliphatic carbocycles. The van der Waals surface area contributed by atoms with Crippen molar-refractivity contribution >= 4 is 44.7 Å². The minimum atomic E-state index is -0.450. The number of benzene rings is 1. The van der Waals surface area contributed by atoms with E-state index in [1.807, 2.05) is 35.7 Å². The molecule has 4 aromatic heterocycles. The van der Waals surface area contributed by atoms with Crippen molar-refractivity contribution in [1.82, 2.24) is 18.9 Å². The minimum Gasteiger partial charge on any atom is -0.494 e. The predicted molar refractivity (Wildman–Crippen MR) is 139 cm³/mol. The van der Waals surface area contributed by atoms with Crippen LogP contribution in [-0.2, 0) is 6.42 Å². The number of thiophene rings is 1. The van der Waals surface area contributed by atoms with Gasteiger partial charge in [0.2, 0.25) is 0 Å². The quantitative estimate of drug-likeness (QED) is 0.230. The van der Waals surface area contributed by atoms with Gasteiger partial charge in [-0.2, -0.15) is 0 Å². The number of pyridine rings is 2. The van der Waals surface area contributed by atoms with Crippen molar-refractivity contribution in [2.45, 2.75) is 31.6 Å². The highest BCUT2D eigenvalue weighted by Gasteiger charge is 2.29. The lowest BCUT2D eigenvalue weighted by Gasteiger charge is -2.14. The van der Waals surface area contributed by atoms with E-state index in [0.29, 0.717) is 34.9 Å². The van der Waals surface area contributed by atoms with Crippen molar-refractivity contribution in [3.05, 3.63) is 81.8 Å². The van der Waals surface area contributed by atoms with Gasteiger partial charge in [0, 0.05) is 18.6 Å². The van der Waals surface area contributed by atoms with Crippen LogP contribution in [-0.4, -0.2) is 25.5 Å². The summed E-state index contributed by atoms with van der Waals surface area (Å²) in [5.41, 5.74) is 2.81. The number of rotatable bonds is 8. The molecule has 6 nitrogen and oxygen atoms in total. The molecular formula is C26H21FN4O2S2. The molecule has 1 aromatic carbocycles. The lowest BCUT2D eigenvalue weighted by atomic mass is 10.1. The van der Waals surface area contributed by atoms with Crippen molar-refractivity contribution in [2.75, 3.05) is 6.61 Å². The van der Waals surface area contributed by atoms with Gasteiger partial charge in [0.1, 0.15) is 11.4 Å². The number of aryl methyl sites for hydroxylation is 1. The van der Waals surface area contributed by atoms with Gasteiger partial charge in [0.15, 0.2) is 18.2 Å². The molecule has 6 rings (SSSR count). The topological polar surface area (TPSA) is 69.9 Å². The highest BCUT2D eigenvalue weighted by Crippen LogP contribution is 2.44. The van der Waals surface area contributed by atoms with Crippen LogP contribution >= 0.6 is 23.7 Å². The van der Waals surface area contributed by atoms with Crippen LogP contribution in [0.15, 0.2) is 65.2 Å². The molecule has 0 saturated heterocycles. The Balaban J connectivity index is 1.37. The van der Waals surface area contributed by atoms with Crippen LogP contribution in [0, 0.1) is 0 Å². The van der Waals surface area contributed by atoms with E-state index in [-0.39, 0.29) is 18.2 Å². The van der Waals surface area contributed by atoms with Crippen LogP contribution in [0.1, 0.15) is 36.3 Å². The molecule has 176 valence electrons. The van der Waals surface area contributed by atoms with E-state index in [1.54, 1.807) is 36.0 Å². The third-order valence-electron chi connectivity index (χ3n) is 6.22. The molecule has 1 saturated carbocycles. The molecule has 9 heteroatoms. The Morgan fingerprint density at radius 3 is 2.83 bits per heavy atom. The van der Waals surface area contributed by atoms with Gasteiger partial charge in [0.05, 0.1) is 22.2 Å². The van der Waals surface area contributed by atoms with Crippen LogP contribution in [0.4, 0.5) is 3.89 Å². The zero-order valence-electron chi connectivity index (χ0n) is 18.7. The van der Waals surface area contributed by atoms with Gasteiger partial charge in [-0.3, -0.25) is 14.8 Å². The molecule has 35 heavy (non-hydrogen) atoms. The van der Waals surface area contributed by atoms with E-state index in [2.05, 4.69) is 9.97 Å². The second-order valence-corrected chi connectivity index (χ2v) is 10.1. The number of nitrogens with zero attached hydrogens (tertiary/aromatic N) is 4. The van der Waals surface area contributed by atoms with Gasteiger partial charge in [-0.1, -0.05) is 0 Å². The molecule has 4 heterocycles. The van der Waals surface area contributed by atoms with E-state index < -0.39 is 5.56 Å². The molecule has 0 atom stereocenters. The Hall–Kier alpha value is -3.30. The average Bonchev–Trinajstić information content (AvgIpc) is 3.63. The van der Waals surface area contributed by atoms with Crippen molar-refractivity contribution in [2.24, 2.45) is 0 Å². The van der Waals surface area contributed by atoms with Gasteiger partial charge in [-0.25, -0.2) is 8.96 Å². The number of aromatic nitrogens is 4. The van der Waals surface area contributed by atoms with Crippen LogP contribution in [0.5, 0.6) is 5.75 Å². The maximum absolute atomic E-state index is 14.1. The first kappa shape index (κ1) is 22.2. The molecule has 0 aliphatic heterocycles. The Morgan fingerprint density at radius 2 is 2.03 bits per heavy atom. The van der Waals surface area contributed by atoms with E-state index in [4.69, 9.17) is 9.72 Å². The summed E-state index contributed by atoms with van der Waals surface area (Å²) in [7, 11) is 0. The molecular weight excluding hydrogens is 483 g/mol. The second kappa shape index (κ2) is 9.39. The maximum Gasteiger partial charge on any atom is 0.273 e. The molecule has 0 bridgehead atoms. The number of fused-ring (bicyclic) bond motifs is 2. The zero-order valence-corrected chi connectivity index (χ0v) is 20.3. The monoisotopic (exact) mass is 504 g/mol. The largest absolute Gasteiger partial charge is 0.494 e. The van der Waals surface area contributed by atoms with Gasteiger partial charge in [0.25, 0.3) is 5.56 Å². The molecule has 0 spiro atoms. The van der Waals surface area contributed by atoms with E-state index in [0.717, 1.165) is 45.3 Å². The zero-order chi connectivity index (χ0) is 23.8. The Labute approximate surface area is 209 Å². The Morgan fingerprint density at radius 1 is 1.17 bits per heavy atom. The summed E-state index contributed by atoms with van der Waals surface area (Å²) in [6, 6.07) is 11.5. The summed E-state index contributed by atoms with van der Waals surface area (Å²) in [6.45, 7) is 0.514. The predicted octanol–water partition coefficient (Wildman–Crippen LogP) is 6.34. The van der Waals surface area contributed by atoms with Crippen molar-refractivity contribution in [3.63, 3.8) is 0 Å². The highest BCUT2D eigenvalue weighted by atomic mass is 32.2. The van der Waals surface area contributed by atoms with Crippen LogP contribution in [0.2, 0.25) is 0 Å². The van der Waals surface area contributed by atoms with Crippen molar-refractivity contribution in [1.29, 1.82) is 0 Å². The first-order valence-corrected chi connectivity index (χ1v) is 13.0. The van der Waals surface area contributed by atoms with Crippen molar-refractivity contribution in [3.8, 4) is 17.3 Å². The smallest absolute Gasteiger partial charge is 0.273 e. The van der Waals surface area contributed by atoms with Gasteiger partial charge in [-0.05, 0) is 89.9 Å². The van der Waals surface area contributed by atoms with Gasteiger partial charge < -0.3 is 4.74 Å². The SMILES string of the molecule is O=c1c2cc(OCCCc3ccncc3)cc(C3CC3)c2nc(-c2cc3ccsc3cn2)n1SF. The third-order valence-corrected chi connectivity index (χ3v) is 7.57. The van der Waals surface area contributed by atoms with Gasteiger partial charge >= 0.3 is 0 Å². The average molecular weight is 505 g/mol. The van der Waals surface area contributed by atoms with Crippen molar-refractivity contribution < 1.29 is 8.62 Å². The molecule has 0 radical (unpaired) electrons. The van der Waals surface area contributed by atoms with Crippen LogP contribution in [0.25, 0.3) is 32.5 Å². The summed E-state index contributed by atoms with van der Waals surface area (Å²) in [4.78, 5) is 26.7. The molecule has 1 fully saturated rings. The van der Waals surface area contributed by atoms with E-state index in [9.17, 15) is 8.68 Å². The molecule has 1 aliphatic rings. The minimum absolute atomic E-state index is 0.148. The molecule has 5 aromatic rings. The van der Waals surface area contributed by atoms with E-state index in [1.165, 1.54) is 5.56 Å². The molecule has 0 unspecified atom stereocenters. The number of ether oxygens (including phenoxy) is 1. The standard InChI is InChI=1S/C26H21FN4O2S2/c27-35-31-25(22-12-18-7-11-34-23(18)15-29-22)30-24-20(17-3-4-17)13-19(14-21(24)26(31)32)33-10-1-2-16-5-8-28-9-6-16/h5-9,11-15,17H,1-4,10H2. The third kappa shape index (κ3) is 4.41. The summed E-state index contributed by atoms with van der Waals surface area (Å²) < 4.78 is 22.1. The first-order chi connectivity index (χ1) is 17.2. The highest BCUT2D eigenvalue weighted by molar-refractivity contribution is 7.92. The maximum atomic E-state index is 14.1. The Kier molecular flexibility index (Phi) is 5.95. The van der Waals surface area contributed by atoms with Crippen LogP contribution in [0.3, 0.4) is 0 Å². The fraction of sp³-hybridized carbons (Fsp3) is 0.231. The second-order valence-electron chi connectivity index (χ2n) is 8.62. The molecule has 0 amide bonds. The fourth-order valence-electron chi connectivity index (χ4n) is 4.29. The normalized spacial score (nSPS) is 13.5. The number of hydrogen-bond donors (Lipinski definition) is 0. The first-order valence-electron chi connectivity index (χ1n) is 11.5. The summed E-state index contributed by atoms with van der Waals surface area (Å²) in [5.74, 6) is 1.17. The summed E-state index contributed by atoms with van der Waals surface area (Å²) >= 11 is 1.43.